The standard InChI is InChI=1S/C17H20F2N4O/c1-11(2)13-10-23(14-6-4-3-5-12(13)14)17(24)21-9-15-20-7-8-22(15)16(18)19/h3-8,11,13,16H,9-10H2,1-2H3,(H,21,24). The van der Waals surface area contributed by atoms with Crippen molar-refractivity contribution in [1.29, 1.82) is 0 Å². The van der Waals surface area contributed by atoms with Crippen molar-refractivity contribution in [1.82, 2.24) is 14.9 Å². The minimum absolute atomic E-state index is 0.0405. The Morgan fingerprint density at radius 2 is 2.12 bits per heavy atom. The number of alkyl halides is 2. The average molecular weight is 334 g/mol. The second-order valence-electron chi connectivity index (χ2n) is 6.21. The Balaban J connectivity index is 1.73. The van der Waals surface area contributed by atoms with Gasteiger partial charge in [-0.3, -0.25) is 9.47 Å². The summed E-state index contributed by atoms with van der Waals surface area (Å²) in [4.78, 5) is 18.1. The Hall–Kier alpha value is -2.44. The number of aromatic nitrogens is 2. The third-order valence-corrected chi connectivity index (χ3v) is 4.41. The van der Waals surface area contributed by atoms with E-state index in [0.717, 1.165) is 15.8 Å². The molecule has 0 aliphatic carbocycles. The number of rotatable bonds is 4. The molecule has 24 heavy (non-hydrogen) atoms. The van der Waals surface area contributed by atoms with E-state index >= 15 is 0 Å². The molecule has 0 bridgehead atoms. The van der Waals surface area contributed by atoms with E-state index in [9.17, 15) is 13.6 Å². The Bertz CT molecular complexity index is 729. The number of fused-ring (bicyclic) bond motifs is 1. The second-order valence-corrected chi connectivity index (χ2v) is 6.21. The topological polar surface area (TPSA) is 50.2 Å². The highest BCUT2D eigenvalue weighted by atomic mass is 19.3. The fourth-order valence-corrected chi connectivity index (χ4v) is 3.11. The molecule has 2 heterocycles. The first kappa shape index (κ1) is 16.4. The SMILES string of the molecule is CC(C)C1CN(C(=O)NCc2nccn2C(F)F)c2ccccc21. The Kier molecular flexibility index (Phi) is 4.51. The van der Waals surface area contributed by atoms with Gasteiger partial charge in [-0.15, -0.1) is 0 Å². The quantitative estimate of drug-likeness (QED) is 0.926. The number of amides is 2. The van der Waals surface area contributed by atoms with Crippen LogP contribution < -0.4 is 10.2 Å². The Labute approximate surface area is 139 Å². The molecule has 0 spiro atoms. The van der Waals surface area contributed by atoms with Gasteiger partial charge in [0.2, 0.25) is 0 Å². The Morgan fingerprint density at radius 3 is 2.83 bits per heavy atom. The molecule has 2 aromatic rings. The van der Waals surface area contributed by atoms with Gasteiger partial charge in [-0.2, -0.15) is 8.78 Å². The summed E-state index contributed by atoms with van der Waals surface area (Å²) < 4.78 is 26.4. The zero-order chi connectivity index (χ0) is 17.3. The molecule has 1 aromatic carbocycles. The predicted molar refractivity (Wildman–Crippen MR) is 87.1 cm³/mol. The second kappa shape index (κ2) is 6.59. The van der Waals surface area contributed by atoms with Crippen molar-refractivity contribution in [2.45, 2.75) is 32.9 Å². The maximum absolute atomic E-state index is 12.8. The molecule has 1 N–H and O–H groups in total. The van der Waals surface area contributed by atoms with Crippen LogP contribution in [0.2, 0.25) is 0 Å². The normalized spacial score (nSPS) is 16.8. The zero-order valence-corrected chi connectivity index (χ0v) is 13.6. The lowest BCUT2D eigenvalue weighted by Gasteiger charge is -2.19. The summed E-state index contributed by atoms with van der Waals surface area (Å²) in [6, 6.07) is 7.52. The molecule has 0 radical (unpaired) electrons. The number of nitrogens with zero attached hydrogens (tertiary/aromatic N) is 3. The monoisotopic (exact) mass is 334 g/mol. The number of carbonyl (C=O) groups excluding carboxylic acids is 1. The molecule has 2 amide bonds. The van der Waals surface area contributed by atoms with Gasteiger partial charge in [0.1, 0.15) is 5.82 Å². The molecule has 0 saturated carbocycles. The van der Waals surface area contributed by atoms with Crippen LogP contribution in [0.25, 0.3) is 0 Å². The highest BCUT2D eigenvalue weighted by Crippen LogP contribution is 2.39. The first-order valence-electron chi connectivity index (χ1n) is 7.93. The van der Waals surface area contributed by atoms with Crippen molar-refractivity contribution in [2.24, 2.45) is 5.92 Å². The molecule has 3 rings (SSSR count). The molecule has 7 heteroatoms. The van der Waals surface area contributed by atoms with Gasteiger partial charge < -0.3 is 5.32 Å². The number of urea groups is 1. The van der Waals surface area contributed by atoms with E-state index in [1.807, 2.05) is 24.3 Å². The van der Waals surface area contributed by atoms with Crippen LogP contribution in [0.5, 0.6) is 0 Å². The van der Waals surface area contributed by atoms with Crippen molar-refractivity contribution < 1.29 is 13.6 Å². The van der Waals surface area contributed by atoms with Crippen LogP contribution in [0.3, 0.4) is 0 Å². The van der Waals surface area contributed by atoms with Crippen LogP contribution in [0, 0.1) is 5.92 Å². The van der Waals surface area contributed by atoms with Crippen molar-refractivity contribution in [3.8, 4) is 0 Å². The lowest BCUT2D eigenvalue weighted by atomic mass is 9.90. The average Bonchev–Trinajstić information content (AvgIpc) is 3.17. The molecular weight excluding hydrogens is 314 g/mol. The number of hydrogen-bond acceptors (Lipinski definition) is 2. The summed E-state index contributed by atoms with van der Waals surface area (Å²) in [6.45, 7) is 2.13. The summed E-state index contributed by atoms with van der Waals surface area (Å²) in [5, 5.41) is 2.69. The highest BCUT2D eigenvalue weighted by molar-refractivity contribution is 5.94. The van der Waals surface area contributed by atoms with E-state index in [2.05, 4.69) is 24.1 Å². The fraction of sp³-hybridized carbons (Fsp3) is 0.412. The van der Waals surface area contributed by atoms with Crippen molar-refractivity contribution in [2.75, 3.05) is 11.4 Å². The maximum atomic E-state index is 12.8. The fourth-order valence-electron chi connectivity index (χ4n) is 3.11. The van der Waals surface area contributed by atoms with Crippen LogP contribution in [0.1, 0.15) is 37.7 Å². The van der Waals surface area contributed by atoms with Crippen molar-refractivity contribution in [3.63, 3.8) is 0 Å². The molecule has 1 aliphatic rings. The molecule has 128 valence electrons. The van der Waals surface area contributed by atoms with Gasteiger partial charge in [0, 0.05) is 30.5 Å². The molecule has 1 aliphatic heterocycles. The number of para-hydroxylation sites is 1. The number of imidazole rings is 1. The third-order valence-electron chi connectivity index (χ3n) is 4.41. The molecule has 0 saturated heterocycles. The number of halogens is 2. The van der Waals surface area contributed by atoms with Crippen LogP contribution >= 0.6 is 0 Å². The van der Waals surface area contributed by atoms with Gasteiger partial charge in [-0.1, -0.05) is 32.0 Å². The maximum Gasteiger partial charge on any atom is 0.322 e. The largest absolute Gasteiger partial charge is 0.330 e. The van der Waals surface area contributed by atoms with Crippen LogP contribution in [-0.2, 0) is 6.54 Å². The van der Waals surface area contributed by atoms with Gasteiger partial charge in [0.05, 0.1) is 6.54 Å². The summed E-state index contributed by atoms with van der Waals surface area (Å²) in [5.74, 6) is 0.808. The number of anilines is 1. The van der Waals surface area contributed by atoms with Crippen LogP contribution in [-0.4, -0.2) is 22.1 Å². The molecule has 1 unspecified atom stereocenters. The predicted octanol–water partition coefficient (Wildman–Crippen LogP) is 3.75. The van der Waals surface area contributed by atoms with E-state index in [-0.39, 0.29) is 24.3 Å². The number of carbonyl (C=O) groups is 1. The number of nitrogens with one attached hydrogen (secondary N) is 1. The first-order chi connectivity index (χ1) is 11.5. The third kappa shape index (κ3) is 2.98. The van der Waals surface area contributed by atoms with Crippen LogP contribution in [0.15, 0.2) is 36.7 Å². The van der Waals surface area contributed by atoms with E-state index in [1.54, 1.807) is 4.90 Å². The zero-order valence-electron chi connectivity index (χ0n) is 13.6. The van der Waals surface area contributed by atoms with E-state index < -0.39 is 6.55 Å². The van der Waals surface area contributed by atoms with Crippen molar-refractivity contribution >= 4 is 11.7 Å². The molecule has 5 nitrogen and oxygen atoms in total. The Morgan fingerprint density at radius 1 is 1.38 bits per heavy atom. The van der Waals surface area contributed by atoms with E-state index in [4.69, 9.17) is 0 Å². The molecule has 0 fully saturated rings. The molecule has 1 aromatic heterocycles. The number of benzene rings is 1. The van der Waals surface area contributed by atoms with E-state index in [0.29, 0.717) is 12.5 Å². The van der Waals surface area contributed by atoms with Crippen LogP contribution in [0.4, 0.5) is 19.3 Å². The van der Waals surface area contributed by atoms with E-state index in [1.165, 1.54) is 12.4 Å². The smallest absolute Gasteiger partial charge is 0.322 e. The van der Waals surface area contributed by atoms with Gasteiger partial charge in [0.15, 0.2) is 0 Å². The van der Waals surface area contributed by atoms with Crippen molar-refractivity contribution in [3.05, 3.63) is 48.0 Å². The minimum atomic E-state index is -2.67. The lowest BCUT2D eigenvalue weighted by Crippen LogP contribution is -2.39. The highest BCUT2D eigenvalue weighted by Gasteiger charge is 2.33. The number of hydrogen-bond donors (Lipinski definition) is 1. The van der Waals surface area contributed by atoms with Gasteiger partial charge in [-0.25, -0.2) is 9.78 Å². The summed E-state index contributed by atoms with van der Waals surface area (Å²) in [5.41, 5.74) is 2.03. The molecular formula is C17H20F2N4O. The van der Waals surface area contributed by atoms with Gasteiger partial charge in [-0.05, 0) is 17.5 Å². The minimum Gasteiger partial charge on any atom is -0.330 e. The molecule has 1 atom stereocenters. The first-order valence-corrected chi connectivity index (χ1v) is 7.93. The summed E-state index contributed by atoms with van der Waals surface area (Å²) in [6.07, 6.45) is 2.50. The summed E-state index contributed by atoms with van der Waals surface area (Å²) >= 11 is 0. The summed E-state index contributed by atoms with van der Waals surface area (Å²) in [7, 11) is 0. The lowest BCUT2D eigenvalue weighted by molar-refractivity contribution is 0.0667. The van der Waals surface area contributed by atoms with Gasteiger partial charge >= 0.3 is 12.6 Å². The van der Waals surface area contributed by atoms with Gasteiger partial charge in [0.25, 0.3) is 0 Å².